The molecule has 0 amide bonds. The van der Waals surface area contributed by atoms with Crippen LogP contribution in [-0.4, -0.2) is 51.1 Å². The summed E-state index contributed by atoms with van der Waals surface area (Å²) in [5.74, 6) is -0.195. The molecule has 1 aliphatic heterocycles. The van der Waals surface area contributed by atoms with E-state index in [-0.39, 0.29) is 30.6 Å². The molecule has 1 aliphatic carbocycles. The van der Waals surface area contributed by atoms with Crippen molar-refractivity contribution in [2.45, 2.75) is 58.2 Å². The summed E-state index contributed by atoms with van der Waals surface area (Å²) >= 11 is 0. The quantitative estimate of drug-likeness (QED) is 0.668. The lowest BCUT2D eigenvalue weighted by Gasteiger charge is -2.33. The number of carbonyl (C=O) groups excluding carboxylic acids is 2. The lowest BCUT2D eigenvalue weighted by Crippen LogP contribution is -2.49. The van der Waals surface area contributed by atoms with E-state index in [9.17, 15) is 9.59 Å². The van der Waals surface area contributed by atoms with Crippen molar-refractivity contribution in [3.8, 4) is 0 Å². The first-order valence-corrected chi connectivity index (χ1v) is 11.6. The summed E-state index contributed by atoms with van der Waals surface area (Å²) in [6.07, 6.45) is 6.73. The van der Waals surface area contributed by atoms with Crippen molar-refractivity contribution < 1.29 is 14.3 Å². The van der Waals surface area contributed by atoms with Gasteiger partial charge >= 0.3 is 5.97 Å². The van der Waals surface area contributed by atoms with Crippen LogP contribution in [0, 0.1) is 5.92 Å². The zero-order valence-electron chi connectivity index (χ0n) is 19.5. The summed E-state index contributed by atoms with van der Waals surface area (Å²) in [6.45, 7) is 6.65. The molecule has 0 saturated heterocycles. The van der Waals surface area contributed by atoms with Crippen LogP contribution in [0.25, 0.3) is 10.9 Å². The molecule has 2 heterocycles. The molecule has 0 bridgehead atoms. The topological polar surface area (TPSA) is 80.8 Å². The summed E-state index contributed by atoms with van der Waals surface area (Å²) in [6, 6.07) is 8.14. The number of hydrogen-bond acceptors (Lipinski definition) is 6. The second-order valence-corrected chi connectivity index (χ2v) is 9.06. The molecule has 4 rings (SSSR count). The number of Topliss-reactive ketones (excluding diaryl/α,β-unsaturated/α-hetero) is 1. The number of hydrogen-bond donors (Lipinski definition) is 1. The maximum absolute atomic E-state index is 13.5. The molecule has 172 valence electrons. The van der Waals surface area contributed by atoms with Crippen LogP contribution >= 0.6 is 0 Å². The van der Waals surface area contributed by atoms with Gasteiger partial charge in [0.15, 0.2) is 12.5 Å². The van der Waals surface area contributed by atoms with E-state index in [0.717, 1.165) is 35.0 Å². The van der Waals surface area contributed by atoms with Crippen molar-refractivity contribution in [3.63, 3.8) is 0 Å². The van der Waals surface area contributed by atoms with Crippen LogP contribution in [-0.2, 0) is 23.0 Å². The Kier molecular flexibility index (Phi) is 6.03. The van der Waals surface area contributed by atoms with Crippen molar-refractivity contribution in [2.75, 3.05) is 13.3 Å². The first-order chi connectivity index (χ1) is 15.3. The highest BCUT2D eigenvalue weighted by molar-refractivity contribution is 6.11. The van der Waals surface area contributed by atoms with Gasteiger partial charge in [0, 0.05) is 54.1 Å². The molecule has 2 atom stereocenters. The highest BCUT2D eigenvalue weighted by atomic mass is 16.5. The SMILES string of the molecule is CCC(N)(CC)C(=O)OCN1C=CN(CC2CCc3c(c4ccccc4n3C)C2=O)C1C. The fraction of sp³-hybridized carbons (Fsp3) is 0.520. The summed E-state index contributed by atoms with van der Waals surface area (Å²) in [5.41, 5.74) is 8.36. The number of ketones is 1. The highest BCUT2D eigenvalue weighted by Gasteiger charge is 2.36. The molecule has 7 heteroatoms. The fourth-order valence-corrected chi connectivity index (χ4v) is 4.88. The Morgan fingerprint density at radius 1 is 1.19 bits per heavy atom. The van der Waals surface area contributed by atoms with Crippen LogP contribution in [0.2, 0.25) is 0 Å². The Labute approximate surface area is 189 Å². The number of nitrogens with zero attached hydrogens (tertiary/aromatic N) is 3. The van der Waals surface area contributed by atoms with Crippen LogP contribution in [0.1, 0.15) is 56.1 Å². The van der Waals surface area contributed by atoms with Crippen LogP contribution in [0.5, 0.6) is 0 Å². The van der Waals surface area contributed by atoms with Gasteiger partial charge in [0.1, 0.15) is 11.7 Å². The molecule has 2 N–H and O–H groups in total. The summed E-state index contributed by atoms with van der Waals surface area (Å²) in [5, 5.41) is 1.05. The van der Waals surface area contributed by atoms with Gasteiger partial charge in [-0.2, -0.15) is 0 Å². The molecular weight excluding hydrogens is 404 g/mol. The highest BCUT2D eigenvalue weighted by Crippen LogP contribution is 2.34. The zero-order chi connectivity index (χ0) is 23.0. The standard InChI is InChI=1S/C25H34N4O3/c1-5-25(26,6-2)24(31)32-16-29-14-13-28(17(29)3)15-18-11-12-21-22(23(18)30)19-9-7-8-10-20(19)27(21)4/h7-10,13-14,17-18H,5-6,11-12,15-16,26H2,1-4H3. The Hall–Kier alpha value is -2.80. The van der Waals surface area contributed by atoms with E-state index in [1.807, 2.05) is 56.4 Å². The lowest BCUT2D eigenvalue weighted by molar-refractivity contribution is -0.155. The summed E-state index contributed by atoms with van der Waals surface area (Å²) < 4.78 is 7.68. The second kappa shape index (κ2) is 8.62. The third-order valence-electron chi connectivity index (χ3n) is 7.43. The van der Waals surface area contributed by atoms with E-state index in [4.69, 9.17) is 10.5 Å². The normalized spacial score (nSPS) is 20.8. The predicted octanol–water partition coefficient (Wildman–Crippen LogP) is 3.38. The third-order valence-corrected chi connectivity index (χ3v) is 7.43. The first-order valence-electron chi connectivity index (χ1n) is 11.6. The summed E-state index contributed by atoms with van der Waals surface area (Å²) in [4.78, 5) is 30.0. The number of aromatic nitrogens is 1. The van der Waals surface area contributed by atoms with Crippen molar-refractivity contribution >= 4 is 22.7 Å². The van der Waals surface area contributed by atoms with Gasteiger partial charge < -0.3 is 24.8 Å². The minimum Gasteiger partial charge on any atom is -0.443 e. The minimum atomic E-state index is -0.933. The van der Waals surface area contributed by atoms with Gasteiger partial charge in [-0.15, -0.1) is 0 Å². The fourth-order valence-electron chi connectivity index (χ4n) is 4.88. The molecule has 0 saturated carbocycles. The van der Waals surface area contributed by atoms with Gasteiger partial charge in [-0.3, -0.25) is 4.79 Å². The molecule has 32 heavy (non-hydrogen) atoms. The number of fused-ring (bicyclic) bond motifs is 3. The molecule has 0 radical (unpaired) electrons. The largest absolute Gasteiger partial charge is 0.443 e. The number of carbonyl (C=O) groups is 2. The number of para-hydroxylation sites is 1. The van der Waals surface area contributed by atoms with Crippen LogP contribution < -0.4 is 5.73 Å². The maximum Gasteiger partial charge on any atom is 0.327 e. The van der Waals surface area contributed by atoms with Gasteiger partial charge in [0.2, 0.25) is 0 Å². The van der Waals surface area contributed by atoms with Gasteiger partial charge in [0.05, 0.1) is 0 Å². The van der Waals surface area contributed by atoms with Crippen LogP contribution in [0.4, 0.5) is 0 Å². The average molecular weight is 439 g/mol. The molecule has 1 aromatic carbocycles. The first kappa shape index (κ1) is 22.4. The third kappa shape index (κ3) is 3.68. The Bertz CT molecular complexity index is 1050. The maximum atomic E-state index is 13.5. The summed E-state index contributed by atoms with van der Waals surface area (Å²) in [7, 11) is 2.05. The van der Waals surface area contributed by atoms with E-state index >= 15 is 0 Å². The average Bonchev–Trinajstić information content (AvgIpc) is 3.31. The van der Waals surface area contributed by atoms with Gasteiger partial charge in [-0.05, 0) is 38.7 Å². The number of nitrogens with two attached hydrogens (primary N) is 1. The zero-order valence-corrected chi connectivity index (χ0v) is 19.5. The van der Waals surface area contributed by atoms with Crippen LogP contribution in [0.3, 0.4) is 0 Å². The number of aryl methyl sites for hydroxylation is 1. The lowest BCUT2D eigenvalue weighted by atomic mass is 9.84. The van der Waals surface area contributed by atoms with E-state index in [0.29, 0.717) is 19.4 Å². The van der Waals surface area contributed by atoms with E-state index in [1.54, 1.807) is 0 Å². The molecule has 2 aromatic rings. The minimum absolute atomic E-state index is 0.0000537. The van der Waals surface area contributed by atoms with Gasteiger partial charge in [-0.1, -0.05) is 32.0 Å². The van der Waals surface area contributed by atoms with Crippen LogP contribution in [0.15, 0.2) is 36.7 Å². The van der Waals surface area contributed by atoms with Crippen molar-refractivity contribution in [1.29, 1.82) is 0 Å². The smallest absolute Gasteiger partial charge is 0.327 e. The molecule has 2 unspecified atom stereocenters. The van der Waals surface area contributed by atoms with Crippen molar-refractivity contribution in [1.82, 2.24) is 14.4 Å². The molecular formula is C25H34N4O3. The molecule has 0 spiro atoms. The molecule has 1 aromatic heterocycles. The molecule has 7 nitrogen and oxygen atoms in total. The number of esters is 1. The Balaban J connectivity index is 1.41. The Morgan fingerprint density at radius 3 is 2.59 bits per heavy atom. The van der Waals surface area contributed by atoms with Crippen molar-refractivity contribution in [3.05, 3.63) is 47.9 Å². The predicted molar refractivity (Wildman–Crippen MR) is 125 cm³/mol. The van der Waals surface area contributed by atoms with Gasteiger partial charge in [0.25, 0.3) is 0 Å². The van der Waals surface area contributed by atoms with E-state index in [1.165, 1.54) is 0 Å². The Morgan fingerprint density at radius 2 is 1.88 bits per heavy atom. The number of benzene rings is 1. The van der Waals surface area contributed by atoms with E-state index in [2.05, 4.69) is 22.5 Å². The number of rotatable bonds is 7. The van der Waals surface area contributed by atoms with Gasteiger partial charge in [-0.25, -0.2) is 4.79 Å². The molecule has 0 fully saturated rings. The molecule has 2 aliphatic rings. The second-order valence-electron chi connectivity index (χ2n) is 9.06. The van der Waals surface area contributed by atoms with E-state index < -0.39 is 5.54 Å². The number of ether oxygens (including phenoxy) is 1. The monoisotopic (exact) mass is 438 g/mol. The van der Waals surface area contributed by atoms with Crippen molar-refractivity contribution in [2.24, 2.45) is 18.7 Å².